The summed E-state index contributed by atoms with van der Waals surface area (Å²) in [7, 11) is 0. The first-order valence-corrected chi connectivity index (χ1v) is 14.5. The van der Waals surface area contributed by atoms with Gasteiger partial charge in [0.1, 0.15) is 41.4 Å². The van der Waals surface area contributed by atoms with E-state index in [-0.39, 0.29) is 57.5 Å². The Labute approximate surface area is 250 Å². The topological polar surface area (TPSA) is 63.6 Å². The Morgan fingerprint density at radius 2 is 2.02 bits per heavy atom. The number of rotatable bonds is 7. The van der Waals surface area contributed by atoms with Crippen molar-refractivity contribution in [2.75, 3.05) is 31.1 Å². The molecule has 3 aliphatic rings. The Kier molecular flexibility index (Phi) is 6.96. The van der Waals surface area contributed by atoms with E-state index < -0.39 is 30.0 Å². The largest absolute Gasteiger partial charge is 0.461 e. The molecule has 5 heterocycles. The molecule has 3 fully saturated rings. The van der Waals surface area contributed by atoms with Gasteiger partial charge in [-0.25, -0.2) is 23.1 Å². The molecule has 44 heavy (non-hydrogen) atoms. The lowest BCUT2D eigenvalue weighted by atomic mass is 9.95. The molecular formula is C32H28F5N5O2. The molecule has 228 valence electrons. The molecule has 0 amide bonds. The minimum Gasteiger partial charge on any atom is -0.461 e. The highest BCUT2D eigenvalue weighted by atomic mass is 19.3. The third-order valence-electron chi connectivity index (χ3n) is 9.13. The number of halogens is 5. The van der Waals surface area contributed by atoms with E-state index in [0.29, 0.717) is 30.7 Å². The van der Waals surface area contributed by atoms with E-state index in [9.17, 15) is 17.6 Å². The number of hydrogen-bond acceptors (Lipinski definition) is 7. The fraction of sp³-hybridized carbons (Fsp3) is 0.406. The Balaban J connectivity index is 1.40. The lowest BCUT2D eigenvalue weighted by Gasteiger charge is -2.40. The molecule has 2 aromatic carbocycles. The smallest absolute Gasteiger partial charge is 0.387 e. The average Bonchev–Trinajstić information content (AvgIpc) is 3.51. The number of pyridine rings is 1. The first-order chi connectivity index (χ1) is 21.2. The molecule has 12 heteroatoms. The molecule has 3 atom stereocenters. The van der Waals surface area contributed by atoms with Crippen LogP contribution in [0.5, 0.6) is 11.8 Å². The third-order valence-corrected chi connectivity index (χ3v) is 9.13. The van der Waals surface area contributed by atoms with Gasteiger partial charge in [0, 0.05) is 42.7 Å². The number of hydrogen-bond donors (Lipinski definition) is 0. The first kappa shape index (κ1) is 28.5. The molecule has 4 aromatic rings. The van der Waals surface area contributed by atoms with Crippen molar-refractivity contribution in [2.45, 2.75) is 57.0 Å². The summed E-state index contributed by atoms with van der Waals surface area (Å²) in [6, 6.07) is 4.92. The van der Waals surface area contributed by atoms with E-state index in [1.54, 1.807) is 0 Å². The quantitative estimate of drug-likeness (QED) is 0.181. The van der Waals surface area contributed by atoms with E-state index in [2.05, 4.69) is 30.5 Å². The maximum Gasteiger partial charge on any atom is 0.387 e. The van der Waals surface area contributed by atoms with E-state index in [1.165, 1.54) is 24.4 Å². The van der Waals surface area contributed by atoms with Gasteiger partial charge in [0.15, 0.2) is 5.82 Å². The van der Waals surface area contributed by atoms with Gasteiger partial charge in [0.25, 0.3) is 0 Å². The summed E-state index contributed by atoms with van der Waals surface area (Å²) in [5.41, 5.74) is -1.04. The molecule has 0 bridgehead atoms. The molecule has 3 aliphatic heterocycles. The van der Waals surface area contributed by atoms with Gasteiger partial charge in [-0.1, -0.05) is 12.0 Å². The standard InChI is InChI=1S/C32H28F5N5O2/c1-3-21-24(34)6-5-18-11-20(44-30(36)37)12-22(25(18)21)27-26(35)28-23(29(39-27)42-10-7-17(42)2)14-38-31(40-28)43-16-32-8-4-9-41(32)15-19(33)13-32/h1,5-6,11-12,14,17,19,30H,4,7-10,13,15-16H2,2H3/t17-,19+,32-/m0/s1. The molecule has 7 nitrogen and oxygen atoms in total. The average molecular weight is 610 g/mol. The maximum atomic E-state index is 16.6. The van der Waals surface area contributed by atoms with E-state index in [4.69, 9.17) is 11.2 Å². The Hall–Kier alpha value is -4.24. The Bertz CT molecular complexity index is 1830. The van der Waals surface area contributed by atoms with Gasteiger partial charge < -0.3 is 14.4 Å². The highest BCUT2D eigenvalue weighted by Gasteiger charge is 2.49. The lowest BCUT2D eigenvalue weighted by molar-refractivity contribution is -0.0497. The number of anilines is 1. The first-order valence-electron chi connectivity index (χ1n) is 14.5. The van der Waals surface area contributed by atoms with E-state index in [0.717, 1.165) is 31.9 Å². The number of aromatic nitrogens is 3. The van der Waals surface area contributed by atoms with Gasteiger partial charge >= 0.3 is 12.6 Å². The predicted octanol–water partition coefficient (Wildman–Crippen LogP) is 6.26. The van der Waals surface area contributed by atoms with Crippen molar-refractivity contribution >= 4 is 27.5 Å². The number of alkyl halides is 3. The van der Waals surface area contributed by atoms with Crippen molar-refractivity contribution in [2.24, 2.45) is 0 Å². The second-order valence-electron chi connectivity index (χ2n) is 11.7. The highest BCUT2D eigenvalue weighted by Crippen LogP contribution is 2.43. The predicted molar refractivity (Wildman–Crippen MR) is 155 cm³/mol. The van der Waals surface area contributed by atoms with Gasteiger partial charge in [-0.05, 0) is 56.3 Å². The summed E-state index contributed by atoms with van der Waals surface area (Å²) < 4.78 is 83.1. The molecule has 0 radical (unpaired) electrons. The van der Waals surface area contributed by atoms with Crippen molar-refractivity contribution in [3.63, 3.8) is 0 Å². The van der Waals surface area contributed by atoms with Gasteiger partial charge in [-0.2, -0.15) is 13.8 Å². The summed E-state index contributed by atoms with van der Waals surface area (Å²) >= 11 is 0. The fourth-order valence-electron chi connectivity index (χ4n) is 6.88. The maximum absolute atomic E-state index is 16.6. The molecule has 2 aromatic heterocycles. The second kappa shape index (κ2) is 10.7. The van der Waals surface area contributed by atoms with Crippen molar-refractivity contribution in [1.82, 2.24) is 19.9 Å². The van der Waals surface area contributed by atoms with Crippen LogP contribution in [0.3, 0.4) is 0 Å². The van der Waals surface area contributed by atoms with Crippen LogP contribution in [-0.2, 0) is 0 Å². The number of benzene rings is 2. The third kappa shape index (κ3) is 4.65. The minimum atomic E-state index is -3.16. The van der Waals surface area contributed by atoms with Crippen molar-refractivity contribution < 1.29 is 31.4 Å². The number of nitrogens with zero attached hydrogens (tertiary/aromatic N) is 5. The van der Waals surface area contributed by atoms with Crippen LogP contribution in [0.25, 0.3) is 32.9 Å². The van der Waals surface area contributed by atoms with Gasteiger partial charge in [-0.15, -0.1) is 6.42 Å². The molecule has 3 saturated heterocycles. The number of terminal acetylenes is 1. The van der Waals surface area contributed by atoms with E-state index >= 15 is 4.39 Å². The van der Waals surface area contributed by atoms with Crippen LogP contribution in [0.4, 0.5) is 27.8 Å². The molecule has 0 aliphatic carbocycles. The number of ether oxygens (including phenoxy) is 2. The summed E-state index contributed by atoms with van der Waals surface area (Å²) in [5, 5.41) is 0.709. The van der Waals surface area contributed by atoms with Crippen LogP contribution in [0.15, 0.2) is 30.5 Å². The van der Waals surface area contributed by atoms with Crippen molar-refractivity contribution in [1.29, 1.82) is 0 Å². The normalized spacial score (nSPS) is 23.3. The van der Waals surface area contributed by atoms with Crippen LogP contribution >= 0.6 is 0 Å². The summed E-state index contributed by atoms with van der Waals surface area (Å²) in [4.78, 5) is 17.5. The molecule has 0 N–H and O–H groups in total. The SMILES string of the molecule is C#Cc1c(F)ccc2cc(OC(F)F)cc(-c3nc(N4CC[C@@H]4C)c4cnc(OC[C@@]56CCCN5C[C@H](F)C6)nc4c3F)c12. The van der Waals surface area contributed by atoms with Crippen molar-refractivity contribution in [3.05, 3.63) is 47.7 Å². The van der Waals surface area contributed by atoms with Gasteiger partial charge in [0.2, 0.25) is 0 Å². The molecule has 0 saturated carbocycles. The summed E-state index contributed by atoms with van der Waals surface area (Å²) in [5.74, 6) is 0.788. The molecular weight excluding hydrogens is 581 g/mol. The molecule has 7 rings (SSSR count). The van der Waals surface area contributed by atoms with Crippen LogP contribution in [0.2, 0.25) is 0 Å². The zero-order valence-electron chi connectivity index (χ0n) is 23.8. The zero-order valence-corrected chi connectivity index (χ0v) is 23.8. The lowest BCUT2D eigenvalue weighted by Crippen LogP contribution is -2.46. The van der Waals surface area contributed by atoms with Gasteiger partial charge in [-0.3, -0.25) is 4.90 Å². The summed E-state index contributed by atoms with van der Waals surface area (Å²) in [6.07, 6.45) is 9.08. The fourth-order valence-corrected chi connectivity index (χ4v) is 6.88. The summed E-state index contributed by atoms with van der Waals surface area (Å²) in [6.45, 7) is 0.752. The zero-order chi connectivity index (χ0) is 30.7. The van der Waals surface area contributed by atoms with E-state index in [1.807, 2.05) is 11.8 Å². The number of fused-ring (bicyclic) bond motifs is 3. The second-order valence-corrected chi connectivity index (χ2v) is 11.7. The minimum absolute atomic E-state index is 0.0269. The Morgan fingerprint density at radius 3 is 2.75 bits per heavy atom. The molecule has 0 unspecified atom stereocenters. The monoisotopic (exact) mass is 609 g/mol. The van der Waals surface area contributed by atoms with Crippen LogP contribution in [0.1, 0.15) is 38.2 Å². The van der Waals surface area contributed by atoms with Crippen LogP contribution in [-0.4, -0.2) is 70.5 Å². The Morgan fingerprint density at radius 1 is 1.18 bits per heavy atom. The van der Waals surface area contributed by atoms with Crippen LogP contribution in [0, 0.1) is 24.0 Å². The highest BCUT2D eigenvalue weighted by molar-refractivity contribution is 6.03. The van der Waals surface area contributed by atoms with Crippen molar-refractivity contribution in [3.8, 4) is 35.4 Å². The molecule has 0 spiro atoms. The van der Waals surface area contributed by atoms with Gasteiger partial charge in [0.05, 0.1) is 16.5 Å². The van der Waals surface area contributed by atoms with Crippen LogP contribution < -0.4 is 14.4 Å².